The van der Waals surface area contributed by atoms with Crippen molar-refractivity contribution in [3.63, 3.8) is 0 Å². The normalized spacial score (nSPS) is 22.5. The van der Waals surface area contributed by atoms with Gasteiger partial charge in [-0.05, 0) is 25.2 Å². The Hall–Kier alpha value is -1.30. The average Bonchev–Trinajstić information content (AvgIpc) is 2.76. The quantitative estimate of drug-likeness (QED) is 0.608. The van der Waals surface area contributed by atoms with Crippen LogP contribution in [0.4, 0.5) is 4.79 Å². The minimum Gasteiger partial charge on any atom is -0.481 e. The molecule has 1 aliphatic rings. The van der Waals surface area contributed by atoms with Gasteiger partial charge in [-0.2, -0.15) is 0 Å². The van der Waals surface area contributed by atoms with Gasteiger partial charge in [0.1, 0.15) is 0 Å². The molecule has 6 heteroatoms. The van der Waals surface area contributed by atoms with E-state index in [2.05, 4.69) is 24.5 Å². The molecule has 110 valence electrons. The van der Waals surface area contributed by atoms with Crippen LogP contribution in [-0.4, -0.2) is 42.9 Å². The molecule has 1 aliphatic carbocycles. The van der Waals surface area contributed by atoms with Crippen LogP contribution in [0.25, 0.3) is 0 Å². The summed E-state index contributed by atoms with van der Waals surface area (Å²) in [5.74, 6) is -0.605. The van der Waals surface area contributed by atoms with Gasteiger partial charge >= 0.3 is 12.0 Å². The predicted octanol–water partition coefficient (Wildman–Crippen LogP) is 1.21. The Bertz CT molecular complexity index is 307. The number of hydrogen-bond acceptors (Lipinski definition) is 3. The molecule has 0 heterocycles. The zero-order valence-electron chi connectivity index (χ0n) is 11.6. The second-order valence-corrected chi connectivity index (χ2v) is 5.41. The summed E-state index contributed by atoms with van der Waals surface area (Å²) in [5, 5.41) is 14.4. The van der Waals surface area contributed by atoms with Crippen LogP contribution in [0.15, 0.2) is 0 Å². The van der Waals surface area contributed by atoms with E-state index < -0.39 is 5.97 Å². The molecule has 0 saturated heterocycles. The zero-order valence-corrected chi connectivity index (χ0v) is 11.6. The SMILES string of the molecule is CC(C)COCCNC(=O)NC1CCC(C(=O)O)C1. The van der Waals surface area contributed by atoms with Crippen molar-refractivity contribution in [2.24, 2.45) is 11.8 Å². The lowest BCUT2D eigenvalue weighted by atomic mass is 10.1. The molecule has 6 nitrogen and oxygen atoms in total. The molecule has 0 aliphatic heterocycles. The summed E-state index contributed by atoms with van der Waals surface area (Å²) in [6.07, 6.45) is 1.89. The van der Waals surface area contributed by atoms with E-state index in [9.17, 15) is 9.59 Å². The van der Waals surface area contributed by atoms with Gasteiger partial charge in [-0.1, -0.05) is 13.8 Å². The van der Waals surface area contributed by atoms with Crippen LogP contribution in [0.1, 0.15) is 33.1 Å². The molecule has 0 aromatic carbocycles. The van der Waals surface area contributed by atoms with Gasteiger partial charge in [0.25, 0.3) is 0 Å². The average molecular weight is 272 g/mol. The molecular formula is C13H24N2O4. The molecule has 0 aromatic rings. The molecule has 0 bridgehead atoms. The van der Waals surface area contributed by atoms with E-state index in [0.29, 0.717) is 38.5 Å². The van der Waals surface area contributed by atoms with E-state index in [0.717, 1.165) is 6.42 Å². The van der Waals surface area contributed by atoms with Crippen molar-refractivity contribution in [3.05, 3.63) is 0 Å². The molecule has 19 heavy (non-hydrogen) atoms. The fraction of sp³-hybridized carbons (Fsp3) is 0.846. The van der Waals surface area contributed by atoms with Crippen molar-refractivity contribution >= 4 is 12.0 Å². The van der Waals surface area contributed by atoms with Gasteiger partial charge in [-0.15, -0.1) is 0 Å². The largest absolute Gasteiger partial charge is 0.481 e. The van der Waals surface area contributed by atoms with Gasteiger partial charge in [-0.3, -0.25) is 4.79 Å². The molecule has 2 unspecified atom stereocenters. The summed E-state index contributed by atoms with van der Waals surface area (Å²) in [6.45, 7) is 5.78. The first-order chi connectivity index (χ1) is 8.99. The standard InChI is InChI=1S/C13H24N2O4/c1-9(2)8-19-6-5-14-13(18)15-11-4-3-10(7-11)12(16)17/h9-11H,3-8H2,1-2H3,(H,16,17)(H2,14,15,18). The smallest absolute Gasteiger partial charge is 0.315 e. The molecule has 1 rings (SSSR count). The highest BCUT2D eigenvalue weighted by molar-refractivity contribution is 5.75. The van der Waals surface area contributed by atoms with Crippen LogP contribution in [-0.2, 0) is 9.53 Å². The van der Waals surface area contributed by atoms with Crippen LogP contribution < -0.4 is 10.6 Å². The Kier molecular flexibility index (Phi) is 6.62. The molecule has 2 amide bonds. The number of urea groups is 1. The number of carboxylic acid groups (broad SMARTS) is 1. The Morgan fingerprint density at radius 1 is 1.37 bits per heavy atom. The minimum absolute atomic E-state index is 0.0299. The second kappa shape index (κ2) is 7.99. The van der Waals surface area contributed by atoms with Gasteiger partial charge in [-0.25, -0.2) is 4.79 Å². The monoisotopic (exact) mass is 272 g/mol. The Morgan fingerprint density at radius 2 is 2.11 bits per heavy atom. The van der Waals surface area contributed by atoms with Crippen LogP contribution in [0.2, 0.25) is 0 Å². The fourth-order valence-electron chi connectivity index (χ4n) is 2.13. The third kappa shape index (κ3) is 6.42. The molecule has 2 atom stereocenters. The van der Waals surface area contributed by atoms with E-state index in [1.165, 1.54) is 0 Å². The maximum absolute atomic E-state index is 11.5. The van der Waals surface area contributed by atoms with Crippen LogP contribution >= 0.6 is 0 Å². The molecule has 0 aromatic heterocycles. The van der Waals surface area contributed by atoms with E-state index in [1.54, 1.807) is 0 Å². The second-order valence-electron chi connectivity index (χ2n) is 5.41. The Labute approximate surface area is 113 Å². The van der Waals surface area contributed by atoms with Gasteiger partial charge < -0.3 is 20.5 Å². The highest BCUT2D eigenvalue weighted by Crippen LogP contribution is 2.25. The molecule has 0 spiro atoms. The van der Waals surface area contributed by atoms with Crippen LogP contribution in [0.3, 0.4) is 0 Å². The first kappa shape index (κ1) is 15.8. The minimum atomic E-state index is -0.771. The first-order valence-corrected chi connectivity index (χ1v) is 6.84. The maximum Gasteiger partial charge on any atom is 0.315 e. The van der Waals surface area contributed by atoms with E-state index in [4.69, 9.17) is 9.84 Å². The van der Waals surface area contributed by atoms with Crippen LogP contribution in [0.5, 0.6) is 0 Å². The molecule has 3 N–H and O–H groups in total. The van der Waals surface area contributed by atoms with Crippen molar-refractivity contribution in [1.29, 1.82) is 0 Å². The summed E-state index contributed by atoms with van der Waals surface area (Å²) in [6, 6.07) is -0.276. The van der Waals surface area contributed by atoms with E-state index in [-0.39, 0.29) is 18.0 Å². The van der Waals surface area contributed by atoms with Gasteiger partial charge in [0, 0.05) is 19.2 Å². The predicted molar refractivity (Wildman–Crippen MR) is 71.0 cm³/mol. The third-order valence-corrected chi connectivity index (χ3v) is 3.10. The van der Waals surface area contributed by atoms with Gasteiger partial charge in [0.15, 0.2) is 0 Å². The highest BCUT2D eigenvalue weighted by Gasteiger charge is 2.30. The van der Waals surface area contributed by atoms with Crippen LogP contribution in [0, 0.1) is 11.8 Å². The third-order valence-electron chi connectivity index (χ3n) is 3.10. The van der Waals surface area contributed by atoms with Gasteiger partial charge in [0.05, 0.1) is 12.5 Å². The number of carbonyl (C=O) groups is 2. The molecule has 0 radical (unpaired) electrons. The maximum atomic E-state index is 11.5. The summed E-state index contributed by atoms with van der Waals surface area (Å²) in [5.41, 5.74) is 0. The number of carbonyl (C=O) groups excluding carboxylic acids is 1. The number of amides is 2. The number of aliphatic carboxylic acids is 1. The first-order valence-electron chi connectivity index (χ1n) is 6.84. The Morgan fingerprint density at radius 3 is 2.68 bits per heavy atom. The van der Waals surface area contributed by atoms with Crippen molar-refractivity contribution in [2.45, 2.75) is 39.2 Å². The summed E-state index contributed by atoms with van der Waals surface area (Å²) < 4.78 is 5.34. The zero-order chi connectivity index (χ0) is 14.3. The molecule has 1 fully saturated rings. The molecule has 1 saturated carbocycles. The summed E-state index contributed by atoms with van der Waals surface area (Å²) >= 11 is 0. The number of ether oxygens (including phenoxy) is 1. The molecular weight excluding hydrogens is 248 g/mol. The number of hydrogen-bond donors (Lipinski definition) is 3. The lowest BCUT2D eigenvalue weighted by Crippen LogP contribution is -2.42. The van der Waals surface area contributed by atoms with Crippen molar-refractivity contribution < 1.29 is 19.4 Å². The van der Waals surface area contributed by atoms with Crippen molar-refractivity contribution in [3.8, 4) is 0 Å². The lowest BCUT2D eigenvalue weighted by Gasteiger charge is -2.13. The number of nitrogens with one attached hydrogen (secondary N) is 2. The summed E-state index contributed by atoms with van der Waals surface area (Å²) in [4.78, 5) is 22.3. The highest BCUT2D eigenvalue weighted by atomic mass is 16.5. The summed E-state index contributed by atoms with van der Waals surface area (Å²) in [7, 11) is 0. The van der Waals surface area contributed by atoms with Crippen molar-refractivity contribution in [2.75, 3.05) is 19.8 Å². The fourth-order valence-corrected chi connectivity index (χ4v) is 2.13. The van der Waals surface area contributed by atoms with Crippen molar-refractivity contribution in [1.82, 2.24) is 10.6 Å². The number of carboxylic acids is 1. The van der Waals surface area contributed by atoms with Gasteiger partial charge in [0.2, 0.25) is 0 Å². The Balaban J connectivity index is 2.07. The number of rotatable bonds is 7. The van der Waals surface area contributed by atoms with E-state index in [1.807, 2.05) is 0 Å². The lowest BCUT2D eigenvalue weighted by molar-refractivity contribution is -0.141. The van der Waals surface area contributed by atoms with E-state index >= 15 is 0 Å². The topological polar surface area (TPSA) is 87.7 Å².